The first-order valence-electron chi connectivity index (χ1n) is 8.20. The highest BCUT2D eigenvalue weighted by molar-refractivity contribution is 7.09. The van der Waals surface area contributed by atoms with Crippen LogP contribution in [0.15, 0.2) is 40.7 Å². The van der Waals surface area contributed by atoms with Gasteiger partial charge < -0.3 is 15.0 Å². The summed E-state index contributed by atoms with van der Waals surface area (Å²) >= 11 is 1.67. The lowest BCUT2D eigenvalue weighted by atomic mass is 10.3. The van der Waals surface area contributed by atoms with Crippen molar-refractivity contribution >= 4 is 17.3 Å². The summed E-state index contributed by atoms with van der Waals surface area (Å²) in [5, 5.41) is 6.51. The van der Waals surface area contributed by atoms with Gasteiger partial charge in [0.15, 0.2) is 5.96 Å². The number of aliphatic imine (C=N–C) groups is 1. The molecule has 2 rings (SSSR count). The molecular weight excluding hydrogens is 320 g/mol. The van der Waals surface area contributed by atoms with E-state index in [0.717, 1.165) is 35.5 Å². The SMILES string of the molecule is CCNC(=NCC(C)Oc1ccccc1)N(C)Cc1csc(C)n1. The number of rotatable bonds is 7. The highest BCUT2D eigenvalue weighted by atomic mass is 32.1. The predicted octanol–water partition coefficient (Wildman–Crippen LogP) is 3.32. The molecular formula is C18H26N4OS. The Balaban J connectivity index is 1.93. The van der Waals surface area contributed by atoms with E-state index in [9.17, 15) is 0 Å². The molecule has 1 aromatic carbocycles. The minimum Gasteiger partial charge on any atom is -0.489 e. The third-order valence-corrected chi connectivity index (χ3v) is 4.16. The summed E-state index contributed by atoms with van der Waals surface area (Å²) < 4.78 is 5.88. The van der Waals surface area contributed by atoms with Crippen LogP contribution in [0.2, 0.25) is 0 Å². The van der Waals surface area contributed by atoms with E-state index >= 15 is 0 Å². The number of nitrogens with zero attached hydrogens (tertiary/aromatic N) is 3. The second kappa shape index (κ2) is 9.27. The van der Waals surface area contributed by atoms with Crippen molar-refractivity contribution in [3.63, 3.8) is 0 Å². The molecule has 24 heavy (non-hydrogen) atoms. The number of hydrogen-bond acceptors (Lipinski definition) is 4. The fourth-order valence-electron chi connectivity index (χ4n) is 2.25. The Morgan fingerprint density at radius 1 is 1.38 bits per heavy atom. The van der Waals surface area contributed by atoms with Crippen LogP contribution in [0.3, 0.4) is 0 Å². The van der Waals surface area contributed by atoms with Gasteiger partial charge in [-0.2, -0.15) is 0 Å². The first-order valence-corrected chi connectivity index (χ1v) is 9.08. The molecule has 5 nitrogen and oxygen atoms in total. The first-order chi connectivity index (χ1) is 11.6. The van der Waals surface area contributed by atoms with Crippen LogP contribution >= 0.6 is 11.3 Å². The van der Waals surface area contributed by atoms with E-state index in [0.29, 0.717) is 6.54 Å². The third-order valence-electron chi connectivity index (χ3n) is 3.34. The van der Waals surface area contributed by atoms with Crippen LogP contribution in [0.5, 0.6) is 5.75 Å². The van der Waals surface area contributed by atoms with E-state index in [4.69, 9.17) is 9.73 Å². The molecule has 0 spiro atoms. The molecule has 0 aliphatic rings. The molecule has 0 aliphatic carbocycles. The van der Waals surface area contributed by atoms with E-state index in [2.05, 4.69) is 27.5 Å². The molecule has 0 radical (unpaired) electrons. The quantitative estimate of drug-likeness (QED) is 0.617. The summed E-state index contributed by atoms with van der Waals surface area (Å²) in [5.74, 6) is 1.74. The van der Waals surface area contributed by atoms with E-state index in [-0.39, 0.29) is 6.10 Å². The topological polar surface area (TPSA) is 49.8 Å². The van der Waals surface area contributed by atoms with Crippen molar-refractivity contribution in [2.75, 3.05) is 20.1 Å². The number of benzene rings is 1. The number of thiazole rings is 1. The lowest BCUT2D eigenvalue weighted by molar-refractivity contribution is 0.229. The van der Waals surface area contributed by atoms with Crippen LogP contribution in [0.4, 0.5) is 0 Å². The van der Waals surface area contributed by atoms with Crippen LogP contribution in [0.1, 0.15) is 24.5 Å². The van der Waals surface area contributed by atoms with Gasteiger partial charge in [0, 0.05) is 19.0 Å². The molecule has 130 valence electrons. The van der Waals surface area contributed by atoms with Crippen LogP contribution in [-0.2, 0) is 6.54 Å². The molecule has 0 aliphatic heterocycles. The zero-order chi connectivity index (χ0) is 17.4. The van der Waals surface area contributed by atoms with Gasteiger partial charge in [-0.15, -0.1) is 11.3 Å². The van der Waals surface area contributed by atoms with Crippen LogP contribution in [0, 0.1) is 6.92 Å². The van der Waals surface area contributed by atoms with E-state index in [1.807, 2.05) is 51.2 Å². The van der Waals surface area contributed by atoms with Crippen molar-refractivity contribution < 1.29 is 4.74 Å². The molecule has 0 fully saturated rings. The molecule has 2 aromatic rings. The molecule has 1 atom stereocenters. The van der Waals surface area contributed by atoms with Crippen molar-refractivity contribution in [2.24, 2.45) is 4.99 Å². The molecule has 6 heteroatoms. The van der Waals surface area contributed by atoms with Gasteiger partial charge in [0.05, 0.1) is 23.8 Å². The van der Waals surface area contributed by atoms with E-state index < -0.39 is 0 Å². The van der Waals surface area contributed by atoms with E-state index in [1.165, 1.54) is 0 Å². The van der Waals surface area contributed by atoms with Gasteiger partial charge in [-0.3, -0.25) is 0 Å². The molecule has 0 saturated heterocycles. The summed E-state index contributed by atoms with van der Waals surface area (Å²) in [6.45, 7) is 8.29. The number of hydrogen-bond donors (Lipinski definition) is 1. The lowest BCUT2D eigenvalue weighted by Gasteiger charge is -2.22. The molecule has 0 saturated carbocycles. The fraction of sp³-hybridized carbons (Fsp3) is 0.444. The highest BCUT2D eigenvalue weighted by Crippen LogP contribution is 2.12. The summed E-state index contributed by atoms with van der Waals surface area (Å²) in [5.41, 5.74) is 1.07. The summed E-state index contributed by atoms with van der Waals surface area (Å²) in [7, 11) is 2.03. The maximum absolute atomic E-state index is 5.88. The molecule has 1 aromatic heterocycles. The minimum atomic E-state index is 0.0102. The predicted molar refractivity (Wildman–Crippen MR) is 101 cm³/mol. The van der Waals surface area contributed by atoms with Crippen molar-refractivity contribution in [3.8, 4) is 5.75 Å². The smallest absolute Gasteiger partial charge is 0.194 e. The number of ether oxygens (including phenoxy) is 1. The van der Waals surface area contributed by atoms with Crippen molar-refractivity contribution in [1.29, 1.82) is 0 Å². The summed E-state index contributed by atoms with van der Waals surface area (Å²) in [6.07, 6.45) is 0.0102. The Kier molecular flexibility index (Phi) is 7.06. The molecule has 0 amide bonds. The average molecular weight is 347 g/mol. The van der Waals surface area contributed by atoms with Gasteiger partial charge in [-0.05, 0) is 32.9 Å². The highest BCUT2D eigenvalue weighted by Gasteiger charge is 2.10. The lowest BCUT2D eigenvalue weighted by Crippen LogP contribution is -2.39. The molecule has 1 unspecified atom stereocenters. The van der Waals surface area contributed by atoms with Gasteiger partial charge in [0.2, 0.25) is 0 Å². The van der Waals surface area contributed by atoms with Crippen molar-refractivity contribution in [3.05, 3.63) is 46.4 Å². The first kappa shape index (κ1) is 18.3. The maximum Gasteiger partial charge on any atom is 0.194 e. The number of guanidine groups is 1. The second-order valence-corrected chi connectivity index (χ2v) is 6.71. The van der Waals surface area contributed by atoms with Crippen LogP contribution in [0.25, 0.3) is 0 Å². The Bertz CT molecular complexity index is 641. The Hall–Kier alpha value is -2.08. The van der Waals surface area contributed by atoms with Crippen LogP contribution < -0.4 is 10.1 Å². The van der Waals surface area contributed by atoms with Gasteiger partial charge >= 0.3 is 0 Å². The Labute approximate surface area is 148 Å². The van der Waals surface area contributed by atoms with Gasteiger partial charge in [-0.25, -0.2) is 9.98 Å². The monoisotopic (exact) mass is 346 g/mol. The van der Waals surface area contributed by atoms with E-state index in [1.54, 1.807) is 11.3 Å². The largest absolute Gasteiger partial charge is 0.489 e. The van der Waals surface area contributed by atoms with Gasteiger partial charge in [-0.1, -0.05) is 18.2 Å². The fourth-order valence-corrected chi connectivity index (χ4v) is 2.86. The molecule has 1 heterocycles. The second-order valence-electron chi connectivity index (χ2n) is 5.65. The maximum atomic E-state index is 5.88. The minimum absolute atomic E-state index is 0.0102. The average Bonchev–Trinajstić information content (AvgIpc) is 2.97. The van der Waals surface area contributed by atoms with Crippen molar-refractivity contribution in [2.45, 2.75) is 33.4 Å². The van der Waals surface area contributed by atoms with Crippen molar-refractivity contribution in [1.82, 2.24) is 15.2 Å². The Morgan fingerprint density at radius 2 is 2.12 bits per heavy atom. The number of para-hydroxylation sites is 1. The number of aromatic nitrogens is 1. The standard InChI is InChI=1S/C18H26N4OS/c1-5-19-18(22(4)12-16-13-24-15(3)21-16)20-11-14(2)23-17-9-7-6-8-10-17/h6-10,13-14H,5,11-12H2,1-4H3,(H,19,20). The molecule has 0 bridgehead atoms. The number of aryl methyl sites for hydroxylation is 1. The van der Waals surface area contributed by atoms with Gasteiger partial charge in [0.1, 0.15) is 11.9 Å². The zero-order valence-electron chi connectivity index (χ0n) is 14.8. The zero-order valence-corrected chi connectivity index (χ0v) is 15.6. The summed E-state index contributed by atoms with van der Waals surface area (Å²) in [6, 6.07) is 9.84. The summed E-state index contributed by atoms with van der Waals surface area (Å²) in [4.78, 5) is 11.3. The van der Waals surface area contributed by atoms with Gasteiger partial charge in [0.25, 0.3) is 0 Å². The Morgan fingerprint density at radius 3 is 2.75 bits per heavy atom. The third kappa shape index (κ3) is 5.85. The van der Waals surface area contributed by atoms with Crippen LogP contribution in [-0.4, -0.2) is 42.1 Å². The normalized spacial score (nSPS) is 12.8. The molecule has 1 N–H and O–H groups in total. The number of nitrogens with one attached hydrogen (secondary N) is 1.